The fraction of sp³-hybridized carbons (Fsp3) is 0.545. The lowest BCUT2D eigenvalue weighted by molar-refractivity contribution is 0.0369. The number of aryl methyl sites for hydroxylation is 1. The number of rotatable bonds is 7. The summed E-state index contributed by atoms with van der Waals surface area (Å²) in [7, 11) is 0. The second-order valence-corrected chi connectivity index (χ2v) is 9.98. The van der Waals surface area contributed by atoms with Crippen molar-refractivity contribution in [3.8, 4) is 6.07 Å². The third-order valence-corrected chi connectivity index (χ3v) is 7.53. The minimum absolute atomic E-state index is 0.0891. The Hall–Kier alpha value is -2.74. The highest BCUT2D eigenvalue weighted by Crippen LogP contribution is 2.36. The number of nitriles is 1. The molecule has 32 heavy (non-hydrogen) atoms. The summed E-state index contributed by atoms with van der Waals surface area (Å²) in [6, 6.07) is 7.54. The summed E-state index contributed by atoms with van der Waals surface area (Å²) in [4.78, 5) is 13.3. The van der Waals surface area contributed by atoms with Gasteiger partial charge in [-0.3, -0.25) is 10.00 Å². The molecule has 10 heteroatoms. The topological polar surface area (TPSA) is 126 Å². The third kappa shape index (κ3) is 4.28. The zero-order chi connectivity index (χ0) is 22.1. The van der Waals surface area contributed by atoms with E-state index in [9.17, 15) is 5.11 Å². The zero-order valence-corrected chi connectivity index (χ0v) is 19.0. The second kappa shape index (κ2) is 9.02. The van der Waals surface area contributed by atoms with Crippen molar-refractivity contribution < 1.29 is 5.11 Å². The summed E-state index contributed by atoms with van der Waals surface area (Å²) < 4.78 is 0.991. The normalized spacial score (nSPS) is 23.2. The van der Waals surface area contributed by atoms with Crippen LogP contribution in [0.4, 0.5) is 17.6 Å². The summed E-state index contributed by atoms with van der Waals surface area (Å²) in [6.07, 6.45) is 6.37. The van der Waals surface area contributed by atoms with Crippen LogP contribution in [0, 0.1) is 18.3 Å². The van der Waals surface area contributed by atoms with Gasteiger partial charge in [0.2, 0.25) is 5.95 Å². The lowest BCUT2D eigenvalue weighted by atomic mass is 9.81. The molecule has 0 spiro atoms. The molecule has 0 radical (unpaired) electrons. The average molecular weight is 453 g/mol. The molecule has 9 nitrogen and oxygen atoms in total. The summed E-state index contributed by atoms with van der Waals surface area (Å²) in [6.45, 7) is 2.86. The molecule has 0 aliphatic carbocycles. The molecular formula is C22H28N8OS. The molecule has 0 saturated carbocycles. The Morgan fingerprint density at radius 1 is 1.28 bits per heavy atom. The van der Waals surface area contributed by atoms with Crippen molar-refractivity contribution in [3.63, 3.8) is 0 Å². The molecule has 0 amide bonds. The number of aromatic nitrogens is 4. The molecule has 3 atom stereocenters. The van der Waals surface area contributed by atoms with Crippen molar-refractivity contribution in [2.75, 3.05) is 17.2 Å². The number of aromatic amines is 1. The van der Waals surface area contributed by atoms with Crippen LogP contribution in [0.15, 0.2) is 12.1 Å². The minimum atomic E-state index is -0.0891. The molecule has 5 rings (SSSR count). The largest absolute Gasteiger partial charge is 0.390 e. The molecule has 1 unspecified atom stereocenters. The van der Waals surface area contributed by atoms with E-state index in [1.807, 2.05) is 0 Å². The van der Waals surface area contributed by atoms with Gasteiger partial charge in [-0.1, -0.05) is 6.42 Å². The number of H-pyrrole nitrogens is 1. The van der Waals surface area contributed by atoms with Crippen LogP contribution in [-0.4, -0.2) is 54.8 Å². The molecule has 3 aromatic rings. The van der Waals surface area contributed by atoms with E-state index in [1.165, 1.54) is 24.1 Å². The Morgan fingerprint density at radius 3 is 2.81 bits per heavy atom. The van der Waals surface area contributed by atoms with Crippen LogP contribution in [0.25, 0.3) is 10.2 Å². The predicted molar refractivity (Wildman–Crippen MR) is 125 cm³/mol. The quantitative estimate of drug-likeness (QED) is 0.428. The first-order valence-corrected chi connectivity index (χ1v) is 12.0. The van der Waals surface area contributed by atoms with Gasteiger partial charge in [-0.05, 0) is 38.7 Å². The lowest BCUT2D eigenvalue weighted by Gasteiger charge is -2.48. The van der Waals surface area contributed by atoms with Gasteiger partial charge in [-0.2, -0.15) is 15.3 Å². The van der Waals surface area contributed by atoms with Crippen molar-refractivity contribution in [2.45, 2.75) is 70.2 Å². The molecule has 0 aromatic carbocycles. The van der Waals surface area contributed by atoms with E-state index in [4.69, 9.17) is 15.2 Å². The number of piperidine rings is 2. The van der Waals surface area contributed by atoms with Crippen molar-refractivity contribution in [1.29, 1.82) is 5.26 Å². The maximum atomic E-state index is 9.30. The fourth-order valence-corrected chi connectivity index (χ4v) is 6.04. The van der Waals surface area contributed by atoms with Crippen LogP contribution >= 0.6 is 11.3 Å². The molecule has 2 bridgehead atoms. The minimum Gasteiger partial charge on any atom is -0.390 e. The first kappa shape index (κ1) is 21.1. The van der Waals surface area contributed by atoms with Crippen molar-refractivity contribution >= 4 is 39.1 Å². The second-order valence-electron chi connectivity index (χ2n) is 8.73. The maximum absolute atomic E-state index is 9.30. The highest BCUT2D eigenvalue weighted by atomic mass is 32.1. The zero-order valence-electron chi connectivity index (χ0n) is 18.1. The van der Waals surface area contributed by atoms with E-state index in [2.05, 4.69) is 44.8 Å². The Morgan fingerprint density at radius 2 is 2.09 bits per heavy atom. The number of thiophene rings is 1. The van der Waals surface area contributed by atoms with Crippen LogP contribution in [-0.2, 0) is 6.61 Å². The van der Waals surface area contributed by atoms with Crippen LogP contribution < -0.4 is 10.6 Å². The smallest absolute Gasteiger partial charge is 0.225 e. The molecule has 168 valence electrons. The van der Waals surface area contributed by atoms with Gasteiger partial charge in [0, 0.05) is 42.0 Å². The molecule has 5 heterocycles. The molecular weight excluding hydrogens is 424 g/mol. The molecule has 2 aliphatic rings. The Bertz CT molecular complexity index is 1120. The summed E-state index contributed by atoms with van der Waals surface area (Å²) >= 11 is 1.65. The first-order valence-electron chi connectivity index (χ1n) is 11.2. The number of aliphatic hydroxyl groups is 1. The van der Waals surface area contributed by atoms with Crippen LogP contribution in [0.5, 0.6) is 0 Å². The number of fused-ring (bicyclic) bond motifs is 3. The van der Waals surface area contributed by atoms with Gasteiger partial charge in [0.05, 0.1) is 28.6 Å². The highest BCUT2D eigenvalue weighted by Gasteiger charge is 2.38. The van der Waals surface area contributed by atoms with E-state index in [-0.39, 0.29) is 6.61 Å². The van der Waals surface area contributed by atoms with E-state index in [0.717, 1.165) is 35.4 Å². The van der Waals surface area contributed by atoms with E-state index in [1.54, 1.807) is 17.4 Å². The van der Waals surface area contributed by atoms with E-state index in [0.29, 0.717) is 42.0 Å². The number of nitrogens with one attached hydrogen (secondary N) is 3. The highest BCUT2D eigenvalue weighted by molar-refractivity contribution is 7.19. The molecule has 3 aromatic heterocycles. The lowest BCUT2D eigenvalue weighted by Crippen LogP contribution is -2.55. The van der Waals surface area contributed by atoms with Crippen molar-refractivity contribution in [2.24, 2.45) is 0 Å². The number of aliphatic hydroxyl groups excluding tert-OH is 1. The van der Waals surface area contributed by atoms with Gasteiger partial charge in [0.15, 0.2) is 11.6 Å². The van der Waals surface area contributed by atoms with Gasteiger partial charge < -0.3 is 15.7 Å². The number of hydrogen-bond acceptors (Lipinski definition) is 9. The van der Waals surface area contributed by atoms with Crippen LogP contribution in [0.1, 0.15) is 49.1 Å². The van der Waals surface area contributed by atoms with Crippen LogP contribution in [0.3, 0.4) is 0 Å². The predicted octanol–water partition coefficient (Wildman–Crippen LogP) is 3.67. The van der Waals surface area contributed by atoms with Gasteiger partial charge in [0.1, 0.15) is 0 Å². The van der Waals surface area contributed by atoms with Gasteiger partial charge in [0.25, 0.3) is 0 Å². The SMILES string of the molecule is Cc1cc2nc(NC3C[C@H]4CCC[C@@H](C3)N4CCC#N)nc(Nc3cc(CO)[nH]n3)c2s1. The maximum Gasteiger partial charge on any atom is 0.225 e. The summed E-state index contributed by atoms with van der Waals surface area (Å²) in [5.41, 5.74) is 1.56. The standard InChI is InChI=1S/C22H28N8OS/c1-13-8-18-20(32-13)21(26-19-11-15(12-31)28-29-19)27-22(25-18)24-14-9-16-4-2-5-17(10-14)30(16)7-3-6-23/h8,11,14,16-17,31H,2-5,7,9-10,12H2,1H3,(H3,24,25,26,27,28,29)/t14?,16-,17+. The Kier molecular flexibility index (Phi) is 5.95. The average Bonchev–Trinajstić information content (AvgIpc) is 3.37. The Balaban J connectivity index is 1.37. The molecule has 4 N–H and O–H groups in total. The molecule has 2 aliphatic heterocycles. The van der Waals surface area contributed by atoms with Gasteiger partial charge in [-0.25, -0.2) is 4.98 Å². The summed E-state index contributed by atoms with van der Waals surface area (Å²) in [5, 5.41) is 32.2. The van der Waals surface area contributed by atoms with Crippen molar-refractivity contribution in [3.05, 3.63) is 22.7 Å². The summed E-state index contributed by atoms with van der Waals surface area (Å²) in [5.74, 6) is 1.97. The third-order valence-electron chi connectivity index (χ3n) is 6.48. The first-order chi connectivity index (χ1) is 15.6. The monoisotopic (exact) mass is 452 g/mol. The van der Waals surface area contributed by atoms with E-state index < -0.39 is 0 Å². The fourth-order valence-electron chi connectivity index (χ4n) is 5.15. The Labute approximate surface area is 190 Å². The van der Waals surface area contributed by atoms with Gasteiger partial charge in [-0.15, -0.1) is 11.3 Å². The van der Waals surface area contributed by atoms with Crippen LogP contribution in [0.2, 0.25) is 0 Å². The van der Waals surface area contributed by atoms with Crippen molar-refractivity contribution in [1.82, 2.24) is 25.1 Å². The number of anilines is 3. The number of hydrogen-bond donors (Lipinski definition) is 4. The molecule has 2 fully saturated rings. The number of nitrogens with zero attached hydrogens (tertiary/aromatic N) is 5. The molecule has 2 saturated heterocycles. The van der Waals surface area contributed by atoms with E-state index >= 15 is 0 Å². The van der Waals surface area contributed by atoms with Gasteiger partial charge >= 0.3 is 0 Å².